The van der Waals surface area contributed by atoms with E-state index in [4.69, 9.17) is 23.1 Å². The summed E-state index contributed by atoms with van der Waals surface area (Å²) in [7, 11) is 0. The highest BCUT2D eigenvalue weighted by Crippen LogP contribution is 2.29. The molecule has 0 spiro atoms. The predicted octanol–water partition coefficient (Wildman–Crippen LogP) is 1.82. The van der Waals surface area contributed by atoms with Gasteiger partial charge in [-0.25, -0.2) is 4.98 Å². The monoisotopic (exact) mass is 264 g/mol. The van der Waals surface area contributed by atoms with Gasteiger partial charge in [-0.05, 0) is 26.0 Å². The summed E-state index contributed by atoms with van der Waals surface area (Å²) in [6.45, 7) is 3.76. The van der Waals surface area contributed by atoms with E-state index in [1.165, 1.54) is 6.07 Å². The molecule has 0 saturated heterocycles. The Morgan fingerprint density at radius 2 is 2.06 bits per heavy atom. The van der Waals surface area contributed by atoms with E-state index in [0.29, 0.717) is 16.4 Å². The fraction of sp³-hybridized carbons (Fsp3) is 0.167. The molecule has 0 fully saturated rings. The molecule has 0 unspecified atom stereocenters. The van der Waals surface area contributed by atoms with Gasteiger partial charge < -0.3 is 16.0 Å². The number of anilines is 1. The van der Waals surface area contributed by atoms with Crippen LogP contribution in [0.1, 0.15) is 21.7 Å². The third kappa shape index (κ3) is 1.93. The summed E-state index contributed by atoms with van der Waals surface area (Å²) >= 11 is 6.16. The summed E-state index contributed by atoms with van der Waals surface area (Å²) in [6.07, 6.45) is 1.61. The molecule has 0 aliphatic carbocycles. The Labute approximate surface area is 109 Å². The van der Waals surface area contributed by atoms with E-state index in [-0.39, 0.29) is 5.56 Å². The Bertz CT molecular complexity index is 633. The first-order chi connectivity index (χ1) is 8.41. The molecule has 0 aliphatic heterocycles. The lowest BCUT2D eigenvalue weighted by atomic mass is 10.1. The second-order valence-electron chi connectivity index (χ2n) is 4.05. The van der Waals surface area contributed by atoms with Gasteiger partial charge in [-0.1, -0.05) is 11.6 Å². The van der Waals surface area contributed by atoms with Crippen LogP contribution in [-0.2, 0) is 0 Å². The molecule has 5 nitrogen and oxygen atoms in total. The molecule has 94 valence electrons. The second-order valence-corrected chi connectivity index (χ2v) is 4.46. The number of hydrogen-bond donors (Lipinski definition) is 2. The van der Waals surface area contributed by atoms with Gasteiger partial charge in [0.1, 0.15) is 0 Å². The van der Waals surface area contributed by atoms with Gasteiger partial charge in [0.25, 0.3) is 5.91 Å². The summed E-state index contributed by atoms with van der Waals surface area (Å²) in [4.78, 5) is 15.7. The first kappa shape index (κ1) is 12.4. The zero-order valence-electron chi connectivity index (χ0n) is 10.1. The third-order valence-corrected chi connectivity index (χ3v) is 3.13. The molecule has 1 heterocycles. The summed E-state index contributed by atoms with van der Waals surface area (Å²) in [5.74, 6) is -0.579. The number of imidazole rings is 1. The molecular weight excluding hydrogens is 252 g/mol. The number of halogens is 1. The molecule has 0 aliphatic rings. The minimum Gasteiger partial charge on any atom is -0.399 e. The number of aromatic nitrogens is 2. The number of carbonyl (C=O) groups excluding carboxylic acids is 1. The molecule has 18 heavy (non-hydrogen) atoms. The van der Waals surface area contributed by atoms with Gasteiger partial charge in [-0.3, -0.25) is 4.79 Å². The minimum atomic E-state index is -0.579. The average molecular weight is 265 g/mol. The van der Waals surface area contributed by atoms with Gasteiger partial charge in [0.2, 0.25) is 0 Å². The van der Waals surface area contributed by atoms with E-state index >= 15 is 0 Å². The van der Waals surface area contributed by atoms with Crippen LogP contribution >= 0.6 is 11.6 Å². The smallest absolute Gasteiger partial charge is 0.250 e. The van der Waals surface area contributed by atoms with Crippen molar-refractivity contribution < 1.29 is 4.79 Å². The topological polar surface area (TPSA) is 86.9 Å². The van der Waals surface area contributed by atoms with Crippen molar-refractivity contribution >= 4 is 23.2 Å². The van der Waals surface area contributed by atoms with Crippen molar-refractivity contribution in [3.05, 3.63) is 40.4 Å². The Balaban J connectivity index is 2.78. The van der Waals surface area contributed by atoms with E-state index in [9.17, 15) is 4.79 Å². The largest absolute Gasteiger partial charge is 0.399 e. The van der Waals surface area contributed by atoms with E-state index < -0.39 is 5.91 Å². The van der Waals surface area contributed by atoms with Crippen molar-refractivity contribution in [1.82, 2.24) is 9.55 Å². The van der Waals surface area contributed by atoms with Crippen molar-refractivity contribution in [3.63, 3.8) is 0 Å². The number of rotatable bonds is 2. The van der Waals surface area contributed by atoms with Crippen LogP contribution in [0.5, 0.6) is 0 Å². The Hall–Kier alpha value is -2.01. The molecule has 2 rings (SSSR count). The Morgan fingerprint density at radius 3 is 2.56 bits per heavy atom. The Morgan fingerprint density at radius 1 is 1.39 bits per heavy atom. The number of hydrogen-bond acceptors (Lipinski definition) is 3. The average Bonchev–Trinajstić information content (AvgIpc) is 2.59. The number of nitrogens with zero attached hydrogens (tertiary/aromatic N) is 2. The molecule has 0 bridgehead atoms. The number of carbonyl (C=O) groups is 1. The van der Waals surface area contributed by atoms with Gasteiger partial charge >= 0.3 is 0 Å². The zero-order valence-corrected chi connectivity index (χ0v) is 10.8. The van der Waals surface area contributed by atoms with E-state index in [0.717, 1.165) is 11.4 Å². The molecule has 0 saturated carbocycles. The van der Waals surface area contributed by atoms with Crippen molar-refractivity contribution in [3.8, 4) is 5.69 Å². The summed E-state index contributed by atoms with van der Waals surface area (Å²) in [5.41, 5.74) is 14.0. The molecular formula is C12H13ClN4O. The van der Waals surface area contributed by atoms with Gasteiger partial charge in [-0.15, -0.1) is 0 Å². The number of nitrogen functional groups attached to an aromatic ring is 1. The van der Waals surface area contributed by atoms with Crippen LogP contribution in [0.15, 0.2) is 18.5 Å². The van der Waals surface area contributed by atoms with Crippen LogP contribution in [0.25, 0.3) is 5.69 Å². The maximum atomic E-state index is 11.5. The van der Waals surface area contributed by atoms with Crippen molar-refractivity contribution in [1.29, 1.82) is 0 Å². The summed E-state index contributed by atoms with van der Waals surface area (Å²) in [6, 6.07) is 3.09. The van der Waals surface area contributed by atoms with Crippen LogP contribution < -0.4 is 11.5 Å². The standard InChI is InChI=1S/C12H13ClN4O/c1-6-7(2)17(5-16-6)11-9(12(15)18)3-8(14)4-10(11)13/h3-5H,14H2,1-2H3,(H2,15,18). The SMILES string of the molecule is Cc1ncn(-c2c(Cl)cc(N)cc2C(N)=O)c1C. The number of nitrogens with two attached hydrogens (primary N) is 2. The molecule has 1 aromatic heterocycles. The molecule has 0 atom stereocenters. The molecule has 0 radical (unpaired) electrons. The lowest BCUT2D eigenvalue weighted by Gasteiger charge is -2.13. The Kier molecular flexibility index (Phi) is 3.00. The number of primary amides is 1. The number of amides is 1. The van der Waals surface area contributed by atoms with Crippen LogP contribution in [-0.4, -0.2) is 15.5 Å². The highest BCUT2D eigenvalue weighted by atomic mass is 35.5. The second kappa shape index (κ2) is 4.34. The lowest BCUT2D eigenvalue weighted by Crippen LogP contribution is -2.16. The molecule has 1 amide bonds. The van der Waals surface area contributed by atoms with Gasteiger partial charge in [0, 0.05) is 11.4 Å². The third-order valence-electron chi connectivity index (χ3n) is 2.84. The molecule has 1 aromatic carbocycles. The highest BCUT2D eigenvalue weighted by molar-refractivity contribution is 6.33. The highest BCUT2D eigenvalue weighted by Gasteiger charge is 2.17. The van der Waals surface area contributed by atoms with Crippen LogP contribution in [0.3, 0.4) is 0 Å². The fourth-order valence-corrected chi connectivity index (χ4v) is 2.10. The summed E-state index contributed by atoms with van der Waals surface area (Å²) < 4.78 is 1.73. The molecule has 4 N–H and O–H groups in total. The van der Waals surface area contributed by atoms with Gasteiger partial charge in [-0.2, -0.15) is 0 Å². The molecule has 6 heteroatoms. The maximum absolute atomic E-state index is 11.5. The number of benzene rings is 1. The van der Waals surface area contributed by atoms with Crippen molar-refractivity contribution in [2.75, 3.05) is 5.73 Å². The lowest BCUT2D eigenvalue weighted by molar-refractivity contribution is 0.100. The van der Waals surface area contributed by atoms with Crippen LogP contribution in [0.4, 0.5) is 5.69 Å². The number of aryl methyl sites for hydroxylation is 1. The van der Waals surface area contributed by atoms with E-state index in [1.54, 1.807) is 17.0 Å². The first-order valence-electron chi connectivity index (χ1n) is 5.31. The minimum absolute atomic E-state index is 0.278. The summed E-state index contributed by atoms with van der Waals surface area (Å²) in [5, 5.41) is 0.365. The van der Waals surface area contributed by atoms with E-state index in [2.05, 4.69) is 4.98 Å². The normalized spacial score (nSPS) is 10.6. The van der Waals surface area contributed by atoms with E-state index in [1.807, 2.05) is 13.8 Å². The fourth-order valence-electron chi connectivity index (χ4n) is 1.78. The van der Waals surface area contributed by atoms with Crippen LogP contribution in [0, 0.1) is 13.8 Å². The first-order valence-corrected chi connectivity index (χ1v) is 5.69. The quantitative estimate of drug-likeness (QED) is 0.811. The molecule has 2 aromatic rings. The maximum Gasteiger partial charge on any atom is 0.250 e. The van der Waals surface area contributed by atoms with Crippen LogP contribution in [0.2, 0.25) is 5.02 Å². The zero-order chi connectivity index (χ0) is 13.4. The van der Waals surface area contributed by atoms with Gasteiger partial charge in [0.05, 0.1) is 28.3 Å². The van der Waals surface area contributed by atoms with Crippen molar-refractivity contribution in [2.45, 2.75) is 13.8 Å². The van der Waals surface area contributed by atoms with Crippen molar-refractivity contribution in [2.24, 2.45) is 5.73 Å². The predicted molar refractivity (Wildman–Crippen MR) is 71.0 cm³/mol. The van der Waals surface area contributed by atoms with Gasteiger partial charge in [0.15, 0.2) is 0 Å².